The first-order valence-electron chi connectivity index (χ1n) is 9.20. The van der Waals surface area contributed by atoms with E-state index in [-0.39, 0.29) is 24.0 Å². The molecular weight excluding hydrogens is 473 g/mol. The molecule has 1 saturated heterocycles. The Morgan fingerprint density at radius 2 is 2.22 bits per heavy atom. The van der Waals surface area contributed by atoms with Crippen LogP contribution < -0.4 is 10.6 Å². The summed E-state index contributed by atoms with van der Waals surface area (Å²) in [4.78, 5) is 8.31. The summed E-state index contributed by atoms with van der Waals surface area (Å²) >= 11 is 1.86. The molecule has 1 aliphatic rings. The number of hydrogen-bond acceptors (Lipinski definition) is 5. The Bertz CT molecular complexity index is 711. The Kier molecular flexibility index (Phi) is 8.56. The zero-order valence-electron chi connectivity index (χ0n) is 16.5. The van der Waals surface area contributed by atoms with Crippen molar-refractivity contribution in [1.29, 1.82) is 0 Å². The molecule has 0 saturated carbocycles. The topological polar surface area (TPSA) is 65.7 Å². The molecule has 1 fully saturated rings. The van der Waals surface area contributed by atoms with Gasteiger partial charge in [0, 0.05) is 36.6 Å². The number of piperidine rings is 1. The molecule has 0 aliphatic carbocycles. The van der Waals surface area contributed by atoms with Crippen LogP contribution in [0.25, 0.3) is 0 Å². The van der Waals surface area contributed by atoms with Crippen LogP contribution in [0.5, 0.6) is 0 Å². The lowest BCUT2D eigenvalue weighted by molar-refractivity contribution is 0.125. The Morgan fingerprint density at radius 3 is 2.85 bits per heavy atom. The fourth-order valence-corrected chi connectivity index (χ4v) is 4.74. The molecule has 2 atom stereocenters. The molecule has 3 rings (SSSR count). The number of nitrogens with one attached hydrogen (secondary N) is 2. The highest BCUT2D eigenvalue weighted by atomic mass is 127. The second kappa shape index (κ2) is 10.4. The van der Waals surface area contributed by atoms with Crippen LogP contribution in [0.3, 0.4) is 0 Å². The van der Waals surface area contributed by atoms with Gasteiger partial charge in [-0.3, -0.25) is 9.89 Å². The smallest absolute Gasteiger partial charge is 0.191 e. The van der Waals surface area contributed by atoms with Crippen molar-refractivity contribution in [2.24, 2.45) is 10.9 Å². The van der Waals surface area contributed by atoms with Gasteiger partial charge < -0.3 is 15.2 Å². The zero-order valence-corrected chi connectivity index (χ0v) is 19.6. The standard InChI is InChI=1S/C19H29N5OS.HI/c1-13-16(14(2)25-23-13)12-22-19(20-3)21-11-15-7-5-9-24(4)18(15)17-8-6-10-26-17;/h6,8,10,15,18H,5,7,9,11-12H2,1-4H3,(H2,20,21,22);1H. The number of guanidine groups is 1. The number of likely N-dealkylation sites (tertiary alicyclic amines) is 1. The van der Waals surface area contributed by atoms with E-state index in [0.29, 0.717) is 18.5 Å². The first-order chi connectivity index (χ1) is 12.6. The highest BCUT2D eigenvalue weighted by Crippen LogP contribution is 2.36. The molecule has 2 aromatic rings. The Morgan fingerprint density at radius 1 is 1.41 bits per heavy atom. The van der Waals surface area contributed by atoms with E-state index in [1.54, 1.807) is 0 Å². The van der Waals surface area contributed by atoms with Crippen LogP contribution in [0.4, 0.5) is 0 Å². The number of aromatic nitrogens is 1. The van der Waals surface area contributed by atoms with Gasteiger partial charge in [-0.1, -0.05) is 11.2 Å². The third-order valence-electron chi connectivity index (χ3n) is 5.21. The molecule has 2 aromatic heterocycles. The normalized spacial score (nSPS) is 21.0. The van der Waals surface area contributed by atoms with Gasteiger partial charge in [0.15, 0.2) is 5.96 Å². The van der Waals surface area contributed by atoms with Crippen molar-refractivity contribution < 1.29 is 4.52 Å². The summed E-state index contributed by atoms with van der Waals surface area (Å²) in [5.41, 5.74) is 2.03. The summed E-state index contributed by atoms with van der Waals surface area (Å²) in [6.07, 6.45) is 2.48. The van der Waals surface area contributed by atoms with Crippen molar-refractivity contribution in [2.75, 3.05) is 27.2 Å². The summed E-state index contributed by atoms with van der Waals surface area (Å²) in [6.45, 7) is 6.65. The van der Waals surface area contributed by atoms with Gasteiger partial charge in [0.05, 0.1) is 5.69 Å². The average molecular weight is 503 g/mol. The highest BCUT2D eigenvalue weighted by molar-refractivity contribution is 14.0. The lowest BCUT2D eigenvalue weighted by atomic mass is 9.88. The number of aliphatic imine (C=N–C) groups is 1. The zero-order chi connectivity index (χ0) is 18.5. The minimum absolute atomic E-state index is 0. The monoisotopic (exact) mass is 503 g/mol. The van der Waals surface area contributed by atoms with E-state index in [2.05, 4.69) is 50.2 Å². The van der Waals surface area contributed by atoms with E-state index in [1.807, 2.05) is 32.2 Å². The van der Waals surface area contributed by atoms with Crippen molar-refractivity contribution in [2.45, 2.75) is 39.3 Å². The van der Waals surface area contributed by atoms with Crippen LogP contribution in [0.2, 0.25) is 0 Å². The number of thiophene rings is 1. The summed E-state index contributed by atoms with van der Waals surface area (Å²) in [5.74, 6) is 2.25. The average Bonchev–Trinajstić information content (AvgIpc) is 3.26. The van der Waals surface area contributed by atoms with Crippen molar-refractivity contribution >= 4 is 41.3 Å². The van der Waals surface area contributed by atoms with E-state index >= 15 is 0 Å². The lowest BCUT2D eigenvalue weighted by Crippen LogP contribution is -2.44. The van der Waals surface area contributed by atoms with Crippen LogP contribution in [-0.4, -0.2) is 43.2 Å². The third-order valence-corrected chi connectivity index (χ3v) is 6.15. The Balaban J connectivity index is 0.00000261. The van der Waals surface area contributed by atoms with Gasteiger partial charge in [-0.15, -0.1) is 35.3 Å². The molecule has 2 N–H and O–H groups in total. The minimum atomic E-state index is 0. The van der Waals surface area contributed by atoms with Gasteiger partial charge in [0.2, 0.25) is 0 Å². The van der Waals surface area contributed by atoms with E-state index < -0.39 is 0 Å². The number of hydrogen-bond donors (Lipinski definition) is 2. The van der Waals surface area contributed by atoms with Crippen LogP contribution in [-0.2, 0) is 6.54 Å². The Labute approximate surface area is 182 Å². The van der Waals surface area contributed by atoms with Gasteiger partial charge in [0.25, 0.3) is 0 Å². The molecule has 27 heavy (non-hydrogen) atoms. The number of halogens is 1. The molecule has 0 radical (unpaired) electrons. The fraction of sp³-hybridized carbons (Fsp3) is 0.579. The highest BCUT2D eigenvalue weighted by Gasteiger charge is 2.31. The van der Waals surface area contributed by atoms with Crippen molar-refractivity contribution in [3.63, 3.8) is 0 Å². The first kappa shape index (κ1) is 22.2. The summed E-state index contributed by atoms with van der Waals surface area (Å²) in [7, 11) is 4.05. The van der Waals surface area contributed by atoms with Gasteiger partial charge in [0.1, 0.15) is 5.76 Å². The number of aryl methyl sites for hydroxylation is 2. The predicted octanol–water partition coefficient (Wildman–Crippen LogP) is 3.72. The lowest BCUT2D eigenvalue weighted by Gasteiger charge is -2.39. The van der Waals surface area contributed by atoms with E-state index in [0.717, 1.165) is 36.1 Å². The quantitative estimate of drug-likeness (QED) is 0.370. The van der Waals surface area contributed by atoms with Crippen molar-refractivity contribution in [3.8, 4) is 0 Å². The second-order valence-corrected chi connectivity index (χ2v) is 7.93. The van der Waals surface area contributed by atoms with Gasteiger partial charge in [-0.2, -0.15) is 0 Å². The molecule has 0 amide bonds. The first-order valence-corrected chi connectivity index (χ1v) is 10.1. The van der Waals surface area contributed by atoms with Crippen molar-refractivity contribution in [3.05, 3.63) is 39.4 Å². The molecular formula is C19H30IN5OS. The summed E-state index contributed by atoms with van der Waals surface area (Å²) in [6, 6.07) is 4.89. The fourth-order valence-electron chi connectivity index (χ4n) is 3.76. The third kappa shape index (κ3) is 5.45. The van der Waals surface area contributed by atoms with Gasteiger partial charge in [-0.05, 0) is 57.6 Å². The number of nitrogens with zero attached hydrogens (tertiary/aromatic N) is 3. The van der Waals surface area contributed by atoms with Crippen LogP contribution in [0.1, 0.15) is 40.8 Å². The van der Waals surface area contributed by atoms with E-state index in [1.165, 1.54) is 17.7 Å². The maximum absolute atomic E-state index is 5.23. The van der Waals surface area contributed by atoms with Crippen LogP contribution in [0.15, 0.2) is 27.0 Å². The maximum Gasteiger partial charge on any atom is 0.191 e. The predicted molar refractivity (Wildman–Crippen MR) is 122 cm³/mol. The molecule has 3 heterocycles. The molecule has 150 valence electrons. The van der Waals surface area contributed by atoms with Gasteiger partial charge >= 0.3 is 0 Å². The number of rotatable bonds is 5. The molecule has 8 heteroatoms. The van der Waals surface area contributed by atoms with E-state index in [9.17, 15) is 0 Å². The summed E-state index contributed by atoms with van der Waals surface area (Å²) < 4.78 is 5.23. The SMILES string of the molecule is CN=C(NCc1c(C)noc1C)NCC1CCCN(C)C1c1cccs1.I. The van der Waals surface area contributed by atoms with Crippen LogP contribution >= 0.6 is 35.3 Å². The van der Waals surface area contributed by atoms with E-state index in [4.69, 9.17) is 4.52 Å². The summed E-state index contributed by atoms with van der Waals surface area (Å²) in [5, 5.41) is 13.1. The van der Waals surface area contributed by atoms with Crippen LogP contribution in [0, 0.1) is 19.8 Å². The van der Waals surface area contributed by atoms with Gasteiger partial charge in [-0.25, -0.2) is 0 Å². The Hall–Kier alpha value is -1.13. The maximum atomic E-state index is 5.23. The molecule has 0 bridgehead atoms. The minimum Gasteiger partial charge on any atom is -0.361 e. The second-order valence-electron chi connectivity index (χ2n) is 6.95. The molecule has 6 nitrogen and oxygen atoms in total. The molecule has 0 spiro atoms. The molecule has 1 aliphatic heterocycles. The molecule has 0 aromatic carbocycles. The molecule has 2 unspecified atom stereocenters. The van der Waals surface area contributed by atoms with Crippen molar-refractivity contribution in [1.82, 2.24) is 20.7 Å². The largest absolute Gasteiger partial charge is 0.361 e.